The number of hydrogen-bond acceptors (Lipinski definition) is 2. The van der Waals surface area contributed by atoms with Gasteiger partial charge in [0.15, 0.2) is 0 Å². The minimum Gasteiger partial charge on any atom is -0.369 e. The van der Waals surface area contributed by atoms with Crippen LogP contribution in [0.3, 0.4) is 0 Å². The molecule has 0 aliphatic rings. The molecule has 1 heterocycles. The van der Waals surface area contributed by atoms with E-state index < -0.39 is 0 Å². The summed E-state index contributed by atoms with van der Waals surface area (Å²) in [5.41, 5.74) is 0. The summed E-state index contributed by atoms with van der Waals surface area (Å²) in [7, 11) is 0. The lowest BCUT2D eigenvalue weighted by molar-refractivity contribution is 0.749. The third-order valence-corrected chi connectivity index (χ3v) is 2.91. The van der Waals surface area contributed by atoms with Crippen LogP contribution in [0.2, 0.25) is 5.02 Å². The van der Waals surface area contributed by atoms with Crippen molar-refractivity contribution in [2.45, 2.75) is 25.1 Å². The molecule has 0 fully saturated rings. The van der Waals surface area contributed by atoms with Gasteiger partial charge in [-0.2, -0.15) is 0 Å². The summed E-state index contributed by atoms with van der Waals surface area (Å²) in [5, 5.41) is 4.08. The first-order valence-corrected chi connectivity index (χ1v) is 6.39. The number of halogens is 3. The first-order valence-electron chi connectivity index (χ1n) is 4.78. The van der Waals surface area contributed by atoms with E-state index in [4.69, 9.17) is 23.2 Å². The zero-order chi connectivity index (χ0) is 11.3. The van der Waals surface area contributed by atoms with Crippen LogP contribution in [0, 0.1) is 0 Å². The molecule has 1 unspecified atom stereocenters. The van der Waals surface area contributed by atoms with Gasteiger partial charge in [-0.15, -0.1) is 11.6 Å². The topological polar surface area (TPSA) is 24.9 Å². The van der Waals surface area contributed by atoms with Crippen LogP contribution in [-0.4, -0.2) is 16.9 Å². The second-order valence-corrected chi connectivity index (χ2v) is 5.37. The Kier molecular flexibility index (Phi) is 5.72. The van der Waals surface area contributed by atoms with E-state index in [0.29, 0.717) is 5.02 Å². The lowest BCUT2D eigenvalue weighted by Crippen LogP contribution is -2.05. The molecule has 1 atom stereocenters. The van der Waals surface area contributed by atoms with E-state index in [2.05, 4.69) is 26.2 Å². The molecule has 84 valence electrons. The van der Waals surface area contributed by atoms with Crippen LogP contribution in [0.25, 0.3) is 0 Å². The Balaban J connectivity index is 2.37. The summed E-state index contributed by atoms with van der Waals surface area (Å²) in [4.78, 5) is 4.17. The summed E-state index contributed by atoms with van der Waals surface area (Å²) in [6, 6.07) is 1.82. The van der Waals surface area contributed by atoms with Gasteiger partial charge in [-0.3, -0.25) is 0 Å². The molecular formula is C10H13BrCl2N2. The smallest absolute Gasteiger partial charge is 0.140 e. The van der Waals surface area contributed by atoms with Gasteiger partial charge in [0.1, 0.15) is 5.82 Å². The Morgan fingerprint density at radius 1 is 1.60 bits per heavy atom. The van der Waals surface area contributed by atoms with Crippen LogP contribution in [0.4, 0.5) is 5.82 Å². The third-order valence-electron chi connectivity index (χ3n) is 1.88. The molecule has 0 saturated heterocycles. The Labute approximate surface area is 108 Å². The van der Waals surface area contributed by atoms with Crippen molar-refractivity contribution in [2.75, 3.05) is 11.9 Å². The van der Waals surface area contributed by atoms with E-state index in [1.54, 1.807) is 6.20 Å². The molecule has 5 heteroatoms. The van der Waals surface area contributed by atoms with Crippen molar-refractivity contribution in [1.29, 1.82) is 0 Å². The van der Waals surface area contributed by atoms with Crippen LogP contribution < -0.4 is 5.32 Å². The minimum absolute atomic E-state index is 0.230. The molecule has 0 radical (unpaired) electrons. The van der Waals surface area contributed by atoms with Gasteiger partial charge in [0.25, 0.3) is 0 Å². The van der Waals surface area contributed by atoms with Crippen LogP contribution in [0.15, 0.2) is 16.7 Å². The van der Waals surface area contributed by atoms with Crippen LogP contribution >= 0.6 is 39.1 Å². The molecule has 1 aromatic rings. The number of aromatic nitrogens is 1. The number of hydrogen-bond donors (Lipinski definition) is 1. The van der Waals surface area contributed by atoms with Crippen molar-refractivity contribution >= 4 is 44.9 Å². The van der Waals surface area contributed by atoms with Crippen LogP contribution in [0.1, 0.15) is 19.8 Å². The molecule has 1 rings (SSSR count). The summed E-state index contributed by atoms with van der Waals surface area (Å²) < 4.78 is 0.883. The van der Waals surface area contributed by atoms with Crippen molar-refractivity contribution < 1.29 is 0 Å². The van der Waals surface area contributed by atoms with Gasteiger partial charge in [0.2, 0.25) is 0 Å². The molecule has 0 bridgehead atoms. The molecule has 0 saturated carbocycles. The van der Waals surface area contributed by atoms with Gasteiger partial charge < -0.3 is 5.32 Å². The van der Waals surface area contributed by atoms with Gasteiger partial charge in [-0.25, -0.2) is 4.98 Å². The summed E-state index contributed by atoms with van der Waals surface area (Å²) >= 11 is 15.0. The normalized spacial score (nSPS) is 12.5. The first kappa shape index (κ1) is 13.1. The molecule has 0 amide bonds. The SMILES string of the molecule is CC(Cl)CCCNc1ncc(Cl)cc1Br. The van der Waals surface area contributed by atoms with Crippen molar-refractivity contribution in [3.05, 3.63) is 21.8 Å². The van der Waals surface area contributed by atoms with E-state index in [-0.39, 0.29) is 5.38 Å². The molecule has 0 spiro atoms. The Morgan fingerprint density at radius 3 is 2.93 bits per heavy atom. The highest BCUT2D eigenvalue weighted by atomic mass is 79.9. The van der Waals surface area contributed by atoms with E-state index in [0.717, 1.165) is 29.7 Å². The molecule has 15 heavy (non-hydrogen) atoms. The van der Waals surface area contributed by atoms with Crippen molar-refractivity contribution in [3.8, 4) is 0 Å². The summed E-state index contributed by atoms with van der Waals surface area (Å²) in [6.07, 6.45) is 3.65. The Bertz CT molecular complexity index is 318. The quantitative estimate of drug-likeness (QED) is 0.647. The average Bonchev–Trinajstić information content (AvgIpc) is 2.14. The lowest BCUT2D eigenvalue weighted by atomic mass is 10.2. The third kappa shape index (κ3) is 5.05. The molecule has 1 N–H and O–H groups in total. The number of pyridine rings is 1. The number of anilines is 1. The highest BCUT2D eigenvalue weighted by Gasteiger charge is 2.02. The number of rotatable bonds is 5. The van der Waals surface area contributed by atoms with Gasteiger partial charge in [0, 0.05) is 18.1 Å². The molecule has 0 aliphatic carbocycles. The van der Waals surface area contributed by atoms with Gasteiger partial charge in [-0.05, 0) is 41.8 Å². The maximum absolute atomic E-state index is 5.84. The zero-order valence-electron chi connectivity index (χ0n) is 8.43. The maximum atomic E-state index is 5.84. The van der Waals surface area contributed by atoms with Crippen molar-refractivity contribution in [3.63, 3.8) is 0 Å². The predicted octanol–water partition coefficient (Wildman–Crippen LogP) is 4.32. The van der Waals surface area contributed by atoms with Crippen LogP contribution in [-0.2, 0) is 0 Å². The fraction of sp³-hybridized carbons (Fsp3) is 0.500. The monoisotopic (exact) mass is 310 g/mol. The van der Waals surface area contributed by atoms with E-state index >= 15 is 0 Å². The molecule has 2 nitrogen and oxygen atoms in total. The van der Waals surface area contributed by atoms with Gasteiger partial charge >= 0.3 is 0 Å². The standard InChI is InChI=1S/C10H13BrCl2N2/c1-7(12)3-2-4-14-10-9(11)5-8(13)6-15-10/h5-7H,2-4H2,1H3,(H,14,15). The highest BCUT2D eigenvalue weighted by Crippen LogP contribution is 2.23. The van der Waals surface area contributed by atoms with E-state index in [1.165, 1.54) is 0 Å². The fourth-order valence-electron chi connectivity index (χ4n) is 1.13. The summed E-state index contributed by atoms with van der Waals surface area (Å²) in [5.74, 6) is 0.821. The molecule has 1 aromatic heterocycles. The Morgan fingerprint density at radius 2 is 2.33 bits per heavy atom. The van der Waals surface area contributed by atoms with Crippen molar-refractivity contribution in [1.82, 2.24) is 4.98 Å². The predicted molar refractivity (Wildman–Crippen MR) is 70.0 cm³/mol. The number of alkyl halides is 1. The molecule has 0 aliphatic heterocycles. The average molecular weight is 312 g/mol. The van der Waals surface area contributed by atoms with Crippen molar-refractivity contribution in [2.24, 2.45) is 0 Å². The second kappa shape index (κ2) is 6.56. The maximum Gasteiger partial charge on any atom is 0.140 e. The van der Waals surface area contributed by atoms with Gasteiger partial charge in [-0.1, -0.05) is 11.6 Å². The minimum atomic E-state index is 0.230. The molecule has 0 aromatic carbocycles. The second-order valence-electron chi connectivity index (χ2n) is 3.33. The fourth-order valence-corrected chi connectivity index (χ4v) is 2.07. The van der Waals surface area contributed by atoms with E-state index in [1.807, 2.05) is 13.0 Å². The van der Waals surface area contributed by atoms with Gasteiger partial charge in [0.05, 0.1) is 9.50 Å². The largest absolute Gasteiger partial charge is 0.369 e. The molecular weight excluding hydrogens is 299 g/mol. The van der Waals surface area contributed by atoms with E-state index in [9.17, 15) is 0 Å². The highest BCUT2D eigenvalue weighted by molar-refractivity contribution is 9.10. The van der Waals surface area contributed by atoms with Crippen LogP contribution in [0.5, 0.6) is 0 Å². The number of nitrogens with one attached hydrogen (secondary N) is 1. The first-order chi connectivity index (χ1) is 7.09. The zero-order valence-corrected chi connectivity index (χ0v) is 11.5. The Hall–Kier alpha value is 0.01000. The number of nitrogens with zero attached hydrogens (tertiary/aromatic N) is 1. The summed E-state index contributed by atoms with van der Waals surface area (Å²) in [6.45, 7) is 2.86. The lowest BCUT2D eigenvalue weighted by Gasteiger charge is -2.08.